The van der Waals surface area contributed by atoms with Crippen LogP contribution in [0.5, 0.6) is 0 Å². The van der Waals surface area contributed by atoms with E-state index in [0.717, 1.165) is 133 Å². The number of hydrogen-bond acceptors (Lipinski definition) is 8. The zero-order chi connectivity index (χ0) is 43.5. The van der Waals surface area contributed by atoms with E-state index in [2.05, 4.69) is 131 Å². The highest BCUT2D eigenvalue weighted by Crippen LogP contribution is 2.39. The van der Waals surface area contributed by atoms with E-state index in [1.165, 1.54) is 0 Å². The van der Waals surface area contributed by atoms with Gasteiger partial charge in [0, 0.05) is 29.6 Å². The molecule has 7 aromatic rings. The summed E-state index contributed by atoms with van der Waals surface area (Å²) in [5.41, 5.74) is 7.85. The molecule has 4 aromatic carbocycles. The highest BCUT2D eigenvalue weighted by molar-refractivity contribution is 5.87. The molecule has 5 atom stereocenters. The Kier molecular flexibility index (Phi) is 12.7. The number of hydrogen-bond donors (Lipinski definition) is 3. The molecule has 3 aromatic heterocycles. The van der Waals surface area contributed by atoms with Crippen molar-refractivity contribution < 1.29 is 14.3 Å². The van der Waals surface area contributed by atoms with Crippen LogP contribution >= 0.6 is 0 Å². The van der Waals surface area contributed by atoms with E-state index in [1.807, 2.05) is 47.6 Å². The summed E-state index contributed by atoms with van der Waals surface area (Å²) in [4.78, 5) is 40.1. The minimum atomic E-state index is -0.666. The maximum Gasteiger partial charge on any atom is 0.245 e. The number of aliphatic hydroxyl groups is 1. The number of nitrogens with one attached hydrogen (secondary N) is 2. The van der Waals surface area contributed by atoms with Gasteiger partial charge in [0.05, 0.1) is 41.9 Å². The Balaban J connectivity index is 0.890. The number of benzene rings is 4. The number of H-pyrrole nitrogens is 2. The number of fused-ring (bicyclic) bond motifs is 1. The predicted octanol–water partition coefficient (Wildman–Crippen LogP) is 10.2. The summed E-state index contributed by atoms with van der Waals surface area (Å²) in [5, 5.41) is 13.0. The number of likely N-dealkylation sites (N-methyl/N-ethyl adjacent to an activating group) is 2. The molecule has 0 spiro atoms. The van der Waals surface area contributed by atoms with E-state index < -0.39 is 6.23 Å². The highest BCUT2D eigenvalue weighted by atomic mass is 16.3. The van der Waals surface area contributed by atoms with Gasteiger partial charge in [-0.2, -0.15) is 0 Å². The number of imidazole rings is 2. The summed E-state index contributed by atoms with van der Waals surface area (Å²) in [6.45, 7) is 13.4. The van der Waals surface area contributed by atoms with Gasteiger partial charge in [0.15, 0.2) is 0 Å². The largest absolute Gasteiger partial charge is 0.456 e. The minimum absolute atomic E-state index is 0.000433. The molecule has 2 saturated heterocycles. The summed E-state index contributed by atoms with van der Waals surface area (Å²) in [7, 11) is 0. The number of aliphatic hydroxyl groups excluding tert-OH is 1. The van der Waals surface area contributed by atoms with Crippen molar-refractivity contribution in [3.63, 3.8) is 0 Å². The van der Waals surface area contributed by atoms with Gasteiger partial charge in [-0.3, -0.25) is 19.5 Å². The molecule has 63 heavy (non-hydrogen) atoms. The molecule has 1 amide bonds. The molecule has 0 radical (unpaired) electrons. The number of carbonyl (C=O) groups excluding carboxylic acids is 1. The average Bonchev–Trinajstić information content (AvgIpc) is 4.19. The maximum atomic E-state index is 14.3. The number of likely N-dealkylation sites (tertiary alicyclic amines) is 2. The number of furan rings is 1. The molecule has 3 N–H and O–H groups in total. The normalized spacial score (nSPS) is 18.5. The second kappa shape index (κ2) is 18.9. The third-order valence-electron chi connectivity index (χ3n) is 13.5. The molecule has 2 aliphatic rings. The van der Waals surface area contributed by atoms with Crippen LogP contribution in [0.1, 0.15) is 100 Å². The van der Waals surface area contributed by atoms with Crippen molar-refractivity contribution in [3.05, 3.63) is 144 Å². The van der Waals surface area contributed by atoms with Gasteiger partial charge in [0.1, 0.15) is 35.3 Å². The zero-order valence-corrected chi connectivity index (χ0v) is 37.0. The first-order chi connectivity index (χ1) is 30.9. The molecular weight excluding hydrogens is 785 g/mol. The Labute approximate surface area is 370 Å². The number of carbonyl (C=O) groups is 1. The van der Waals surface area contributed by atoms with Gasteiger partial charge in [-0.15, -0.1) is 0 Å². The molecule has 9 rings (SSSR count). The Morgan fingerprint density at radius 3 is 1.94 bits per heavy atom. The molecule has 11 heteroatoms. The SMILES string of the molecule is CCN(CC)[C@H](c1ccccc1)C(O)N1CCC[C@H]1c1ncc(-c2ccc(-c3cc4cc(-c5cnc([C@@H]6CCCN6C(=O)[C@@H](c6ccccc6)N(CC)CC)[nH]5)ccc4o3)cc2)[nH]1. The fourth-order valence-corrected chi connectivity index (χ4v) is 10.1. The van der Waals surface area contributed by atoms with Gasteiger partial charge < -0.3 is 24.4 Å². The topological polar surface area (TPSA) is 121 Å². The van der Waals surface area contributed by atoms with Crippen LogP contribution in [-0.4, -0.2) is 96.0 Å². The van der Waals surface area contributed by atoms with Gasteiger partial charge in [0.25, 0.3) is 0 Å². The summed E-state index contributed by atoms with van der Waals surface area (Å²) in [6.07, 6.45) is 6.88. The summed E-state index contributed by atoms with van der Waals surface area (Å²) >= 11 is 0. The molecule has 5 heterocycles. The zero-order valence-electron chi connectivity index (χ0n) is 37.0. The number of nitrogens with zero attached hydrogens (tertiary/aromatic N) is 6. The van der Waals surface area contributed by atoms with Crippen LogP contribution in [0.4, 0.5) is 0 Å². The summed E-state index contributed by atoms with van der Waals surface area (Å²) in [6, 6.07) is 36.7. The van der Waals surface area contributed by atoms with Crippen LogP contribution in [0.25, 0.3) is 44.8 Å². The van der Waals surface area contributed by atoms with Crippen LogP contribution in [0.3, 0.4) is 0 Å². The lowest BCUT2D eigenvalue weighted by Crippen LogP contribution is -2.46. The van der Waals surface area contributed by atoms with Crippen molar-refractivity contribution in [2.24, 2.45) is 0 Å². The minimum Gasteiger partial charge on any atom is -0.456 e. The van der Waals surface area contributed by atoms with E-state index in [-0.39, 0.29) is 30.1 Å². The highest BCUT2D eigenvalue weighted by Gasteiger charge is 2.40. The fourth-order valence-electron chi connectivity index (χ4n) is 10.1. The maximum absolute atomic E-state index is 14.3. The Bertz CT molecular complexity index is 2580. The lowest BCUT2D eigenvalue weighted by molar-refractivity contribution is -0.138. The van der Waals surface area contributed by atoms with Crippen LogP contribution in [0, 0.1) is 0 Å². The van der Waals surface area contributed by atoms with E-state index in [4.69, 9.17) is 14.4 Å². The molecule has 1 unspecified atom stereocenters. The second-order valence-electron chi connectivity index (χ2n) is 16.9. The van der Waals surface area contributed by atoms with Crippen LogP contribution in [0.2, 0.25) is 0 Å². The van der Waals surface area contributed by atoms with Crippen molar-refractivity contribution in [1.82, 2.24) is 39.5 Å². The fraction of sp³-hybridized carbons (Fsp3) is 0.365. The van der Waals surface area contributed by atoms with E-state index in [0.29, 0.717) is 0 Å². The smallest absolute Gasteiger partial charge is 0.245 e. The van der Waals surface area contributed by atoms with Crippen molar-refractivity contribution in [1.29, 1.82) is 0 Å². The lowest BCUT2D eigenvalue weighted by Gasteiger charge is -2.39. The van der Waals surface area contributed by atoms with Gasteiger partial charge in [-0.05, 0) is 92.8 Å². The molecule has 0 saturated carbocycles. The van der Waals surface area contributed by atoms with Gasteiger partial charge in [0.2, 0.25) is 5.91 Å². The Hall–Kier alpha value is -5.85. The molecule has 326 valence electrons. The lowest BCUT2D eigenvalue weighted by atomic mass is 10.0. The van der Waals surface area contributed by atoms with Crippen LogP contribution in [-0.2, 0) is 4.79 Å². The van der Waals surface area contributed by atoms with Crippen LogP contribution in [0.15, 0.2) is 126 Å². The third kappa shape index (κ3) is 8.50. The second-order valence-corrected chi connectivity index (χ2v) is 16.9. The van der Waals surface area contributed by atoms with Gasteiger partial charge in [-0.1, -0.05) is 113 Å². The molecule has 0 aliphatic carbocycles. The first kappa shape index (κ1) is 42.5. The Morgan fingerprint density at radius 2 is 1.27 bits per heavy atom. The summed E-state index contributed by atoms with van der Waals surface area (Å²) < 4.78 is 6.38. The van der Waals surface area contributed by atoms with E-state index in [9.17, 15) is 9.90 Å². The van der Waals surface area contributed by atoms with Crippen molar-refractivity contribution in [2.75, 3.05) is 39.3 Å². The molecule has 2 fully saturated rings. The van der Waals surface area contributed by atoms with E-state index >= 15 is 0 Å². The van der Waals surface area contributed by atoms with Crippen molar-refractivity contribution in [3.8, 4) is 33.8 Å². The molecule has 11 nitrogen and oxygen atoms in total. The quantitative estimate of drug-likeness (QED) is 0.0880. The number of rotatable bonds is 16. The monoisotopic (exact) mass is 844 g/mol. The predicted molar refractivity (Wildman–Crippen MR) is 249 cm³/mol. The van der Waals surface area contributed by atoms with E-state index in [1.54, 1.807) is 0 Å². The number of aromatic amines is 2. The van der Waals surface area contributed by atoms with Gasteiger partial charge >= 0.3 is 0 Å². The standard InChI is InChI=1S/C52H60N8O3/c1-5-57(6-2)47(37-17-11-9-12-18-37)51(61)59-29-15-21-43(59)49-53-33-41(55-49)35-23-25-36(26-24-35)46-32-40-31-39(27-28-45(40)63-46)42-34-54-50(56-42)44-22-16-30-60(44)52(62)48(58(7-3)8-4)38-19-13-10-14-20-38/h9-14,17-20,23-28,31-34,43-44,47-48,51,61H,5-8,15-16,21-22,29-30H2,1-4H3,(H,53,55)(H,54,56)/t43-,44-,47+,48+,51?/m0/s1. The number of amides is 1. The first-order valence-electron chi connectivity index (χ1n) is 23.0. The molecule has 0 bridgehead atoms. The molecular formula is C52H60N8O3. The van der Waals surface area contributed by atoms with Gasteiger partial charge in [-0.25, -0.2) is 9.97 Å². The number of aromatic nitrogens is 4. The Morgan fingerprint density at radius 1 is 0.698 bits per heavy atom. The molecule has 2 aliphatic heterocycles. The third-order valence-corrected chi connectivity index (χ3v) is 13.5. The van der Waals surface area contributed by atoms with Crippen molar-refractivity contribution >= 4 is 16.9 Å². The average molecular weight is 845 g/mol. The van der Waals surface area contributed by atoms with Crippen LogP contribution < -0.4 is 0 Å². The van der Waals surface area contributed by atoms with Crippen molar-refractivity contribution in [2.45, 2.75) is 83.8 Å². The summed E-state index contributed by atoms with van der Waals surface area (Å²) in [5.74, 6) is 2.64. The first-order valence-corrected chi connectivity index (χ1v) is 23.0.